The molecule has 0 aliphatic carbocycles. The van der Waals surface area contributed by atoms with Crippen molar-refractivity contribution < 1.29 is 28.8 Å². The highest BCUT2D eigenvalue weighted by Gasteiger charge is 2.16. The van der Waals surface area contributed by atoms with Gasteiger partial charge in [-0.15, -0.1) is 0 Å². The number of hydrogen-bond acceptors (Lipinski definition) is 5. The van der Waals surface area contributed by atoms with Gasteiger partial charge in [-0.2, -0.15) is 0 Å². The minimum atomic E-state index is -0.525. The van der Waals surface area contributed by atoms with Gasteiger partial charge in [-0.25, -0.2) is 9.59 Å². The molecule has 0 radical (unpaired) electrons. The van der Waals surface area contributed by atoms with Crippen LogP contribution in [0, 0.1) is 0 Å². The van der Waals surface area contributed by atoms with Crippen molar-refractivity contribution in [2.24, 2.45) is 0 Å². The zero-order valence-electron chi connectivity index (χ0n) is 13.4. The number of carbonyl (C=O) groups excluding carboxylic acids is 2. The molecular weight excluding hydrogens is 298 g/mol. The van der Waals surface area contributed by atoms with E-state index >= 15 is 0 Å². The number of carbonyl (C=O) groups is 2. The summed E-state index contributed by atoms with van der Waals surface area (Å²) in [5.74, 6) is 0.358. The Labute approximate surface area is 134 Å². The van der Waals surface area contributed by atoms with Crippen molar-refractivity contribution in [2.45, 2.75) is 13.5 Å². The van der Waals surface area contributed by atoms with Crippen LogP contribution in [-0.4, -0.2) is 32.7 Å². The predicted octanol–water partition coefficient (Wildman–Crippen LogP) is 1.60. The van der Waals surface area contributed by atoms with E-state index in [1.165, 1.54) is 20.3 Å². The number of furan rings is 1. The normalized spacial score (nSPS) is 10.4. The van der Waals surface area contributed by atoms with Gasteiger partial charge in [0, 0.05) is 5.56 Å². The molecule has 2 rings (SSSR count). The molecule has 1 aromatic heterocycles. The Morgan fingerprint density at radius 2 is 1.65 bits per heavy atom. The van der Waals surface area contributed by atoms with E-state index in [2.05, 4.69) is 12.2 Å². The minimum Gasteiger partial charge on any atom is -0.465 e. The van der Waals surface area contributed by atoms with Crippen LogP contribution < -0.4 is 5.32 Å². The lowest BCUT2D eigenvalue weighted by atomic mass is 10.0. The van der Waals surface area contributed by atoms with Gasteiger partial charge in [0.15, 0.2) is 5.76 Å². The van der Waals surface area contributed by atoms with E-state index in [0.29, 0.717) is 11.3 Å². The maximum absolute atomic E-state index is 11.8. The highest BCUT2D eigenvalue weighted by molar-refractivity contribution is 5.97. The standard InChI is InChI=1S/C17H19NO5/c1-4-18-10-14-5-6-15(23-14)11-7-12(16(19)21-2)9-13(8-11)17(20)22-3/h5-9,18H,4,10H2,1-3H3/p+1. The van der Waals surface area contributed by atoms with Gasteiger partial charge < -0.3 is 19.2 Å². The van der Waals surface area contributed by atoms with Crippen molar-refractivity contribution in [3.63, 3.8) is 0 Å². The molecule has 2 aromatic rings. The third-order valence-electron chi connectivity index (χ3n) is 3.36. The molecule has 0 bridgehead atoms. The maximum atomic E-state index is 11.8. The third-order valence-corrected chi connectivity index (χ3v) is 3.36. The lowest BCUT2D eigenvalue weighted by Crippen LogP contribution is -2.81. The third kappa shape index (κ3) is 3.98. The molecule has 0 amide bonds. The highest BCUT2D eigenvalue weighted by atomic mass is 16.5. The summed E-state index contributed by atoms with van der Waals surface area (Å²) in [6, 6.07) is 8.39. The largest absolute Gasteiger partial charge is 0.465 e. The number of benzene rings is 1. The van der Waals surface area contributed by atoms with Gasteiger partial charge in [-0.3, -0.25) is 0 Å². The molecule has 2 N–H and O–H groups in total. The number of nitrogens with two attached hydrogens (primary N) is 1. The molecule has 6 nitrogen and oxygen atoms in total. The van der Waals surface area contributed by atoms with Crippen LogP contribution in [0.15, 0.2) is 34.7 Å². The number of hydrogen-bond donors (Lipinski definition) is 1. The minimum absolute atomic E-state index is 0.267. The van der Waals surface area contributed by atoms with Gasteiger partial charge in [0.1, 0.15) is 12.3 Å². The number of methoxy groups -OCH3 is 2. The van der Waals surface area contributed by atoms with Crippen molar-refractivity contribution in [1.82, 2.24) is 0 Å². The second-order valence-electron chi connectivity index (χ2n) is 4.95. The molecule has 1 aromatic carbocycles. The number of quaternary nitrogens is 1. The average molecular weight is 318 g/mol. The van der Waals surface area contributed by atoms with E-state index in [4.69, 9.17) is 13.9 Å². The predicted molar refractivity (Wildman–Crippen MR) is 83.0 cm³/mol. The topological polar surface area (TPSA) is 82.3 Å². The van der Waals surface area contributed by atoms with Crippen molar-refractivity contribution in [3.05, 3.63) is 47.2 Å². The quantitative estimate of drug-likeness (QED) is 0.818. The van der Waals surface area contributed by atoms with E-state index in [1.807, 2.05) is 12.1 Å². The number of ether oxygens (including phenoxy) is 2. The van der Waals surface area contributed by atoms with Crippen LogP contribution in [0.1, 0.15) is 33.4 Å². The first-order valence-corrected chi connectivity index (χ1v) is 7.31. The van der Waals surface area contributed by atoms with Crippen molar-refractivity contribution in [1.29, 1.82) is 0 Å². The first kappa shape index (κ1) is 16.8. The Hall–Kier alpha value is -2.60. The summed E-state index contributed by atoms with van der Waals surface area (Å²) in [6.45, 7) is 3.75. The summed E-state index contributed by atoms with van der Waals surface area (Å²) in [5, 5.41) is 2.10. The number of rotatable bonds is 6. The Morgan fingerprint density at radius 1 is 1.04 bits per heavy atom. The van der Waals surface area contributed by atoms with E-state index in [-0.39, 0.29) is 11.1 Å². The van der Waals surface area contributed by atoms with Crippen LogP contribution >= 0.6 is 0 Å². The SMILES string of the molecule is CC[NH2+]Cc1ccc(-c2cc(C(=O)OC)cc(C(=O)OC)c2)o1. The van der Waals surface area contributed by atoms with Gasteiger partial charge in [0.2, 0.25) is 0 Å². The van der Waals surface area contributed by atoms with Gasteiger partial charge in [0.25, 0.3) is 0 Å². The van der Waals surface area contributed by atoms with E-state index in [0.717, 1.165) is 18.8 Å². The highest BCUT2D eigenvalue weighted by Crippen LogP contribution is 2.25. The van der Waals surface area contributed by atoms with Gasteiger partial charge in [-0.05, 0) is 37.3 Å². The van der Waals surface area contributed by atoms with E-state index < -0.39 is 11.9 Å². The molecule has 0 unspecified atom stereocenters. The molecule has 0 fully saturated rings. The van der Waals surface area contributed by atoms with Gasteiger partial charge >= 0.3 is 11.9 Å². The Morgan fingerprint density at radius 3 is 2.17 bits per heavy atom. The number of esters is 2. The van der Waals surface area contributed by atoms with E-state index in [1.54, 1.807) is 12.1 Å². The summed E-state index contributed by atoms with van der Waals surface area (Å²) in [7, 11) is 2.58. The first-order chi connectivity index (χ1) is 11.1. The molecule has 23 heavy (non-hydrogen) atoms. The first-order valence-electron chi connectivity index (χ1n) is 7.31. The summed E-state index contributed by atoms with van der Waals surface area (Å²) >= 11 is 0. The summed E-state index contributed by atoms with van der Waals surface area (Å²) in [4.78, 5) is 23.6. The summed E-state index contributed by atoms with van der Waals surface area (Å²) < 4.78 is 15.2. The molecule has 0 atom stereocenters. The second-order valence-corrected chi connectivity index (χ2v) is 4.95. The van der Waals surface area contributed by atoms with Gasteiger partial charge in [-0.1, -0.05) is 0 Å². The van der Waals surface area contributed by atoms with E-state index in [9.17, 15) is 9.59 Å². The zero-order chi connectivity index (χ0) is 16.8. The molecule has 122 valence electrons. The molecule has 6 heteroatoms. The lowest BCUT2D eigenvalue weighted by Gasteiger charge is -2.06. The molecular formula is C17H20NO5+. The molecule has 0 spiro atoms. The fourth-order valence-corrected chi connectivity index (χ4v) is 2.17. The van der Waals surface area contributed by atoms with Gasteiger partial charge in [0.05, 0.1) is 31.9 Å². The fraction of sp³-hybridized carbons (Fsp3) is 0.294. The van der Waals surface area contributed by atoms with Crippen molar-refractivity contribution >= 4 is 11.9 Å². The molecule has 0 saturated heterocycles. The average Bonchev–Trinajstić information content (AvgIpc) is 3.07. The second kappa shape index (κ2) is 7.60. The zero-order valence-corrected chi connectivity index (χ0v) is 13.4. The Balaban J connectivity index is 2.42. The van der Waals surface area contributed by atoms with Crippen molar-refractivity contribution in [2.75, 3.05) is 20.8 Å². The molecule has 0 aliphatic rings. The summed E-state index contributed by atoms with van der Waals surface area (Å²) in [6.07, 6.45) is 0. The molecule has 0 saturated carbocycles. The molecule has 0 aliphatic heterocycles. The smallest absolute Gasteiger partial charge is 0.337 e. The van der Waals surface area contributed by atoms with Crippen LogP contribution in [0.4, 0.5) is 0 Å². The van der Waals surface area contributed by atoms with Crippen LogP contribution in [0.3, 0.4) is 0 Å². The van der Waals surface area contributed by atoms with Crippen LogP contribution in [0.25, 0.3) is 11.3 Å². The maximum Gasteiger partial charge on any atom is 0.337 e. The van der Waals surface area contributed by atoms with Crippen LogP contribution in [-0.2, 0) is 16.0 Å². The monoisotopic (exact) mass is 318 g/mol. The van der Waals surface area contributed by atoms with Crippen LogP contribution in [0.5, 0.6) is 0 Å². The lowest BCUT2D eigenvalue weighted by molar-refractivity contribution is -0.669. The molecule has 1 heterocycles. The van der Waals surface area contributed by atoms with Crippen LogP contribution in [0.2, 0.25) is 0 Å². The summed E-state index contributed by atoms with van der Waals surface area (Å²) in [5.41, 5.74) is 1.16. The Bertz CT molecular complexity index is 671. The Kier molecular flexibility index (Phi) is 5.54. The van der Waals surface area contributed by atoms with Crippen molar-refractivity contribution in [3.8, 4) is 11.3 Å². The fourth-order valence-electron chi connectivity index (χ4n) is 2.17.